The molecule has 17 heavy (non-hydrogen) atoms. The zero-order valence-electron chi connectivity index (χ0n) is 9.48. The van der Waals surface area contributed by atoms with Gasteiger partial charge in [0, 0.05) is 9.99 Å². The minimum Gasteiger partial charge on any atom is -0.508 e. The van der Waals surface area contributed by atoms with E-state index in [2.05, 4.69) is 22.6 Å². The summed E-state index contributed by atoms with van der Waals surface area (Å²) in [6.45, 7) is 0. The number of phenolic OH excluding ortho intramolecular Hbond substituents is 1. The average Bonchev–Trinajstić information content (AvgIpc) is 2.34. The van der Waals surface area contributed by atoms with Crippen LogP contribution in [-0.4, -0.2) is 12.2 Å². The fourth-order valence-electron chi connectivity index (χ4n) is 1.75. The van der Waals surface area contributed by atoms with E-state index in [9.17, 15) is 5.11 Å². The fraction of sp³-hybridized carbons (Fsp3) is 0.143. The first-order chi connectivity index (χ1) is 8.20. The van der Waals surface area contributed by atoms with E-state index in [0.29, 0.717) is 12.2 Å². The molecule has 2 rings (SSSR count). The highest BCUT2D eigenvalue weighted by Gasteiger charge is 2.07. The van der Waals surface area contributed by atoms with Gasteiger partial charge in [0.2, 0.25) is 0 Å². The van der Waals surface area contributed by atoms with Crippen LogP contribution in [0.2, 0.25) is 0 Å². The molecule has 0 bridgehead atoms. The van der Waals surface area contributed by atoms with Crippen LogP contribution in [0.25, 0.3) is 0 Å². The Morgan fingerprint density at radius 2 is 1.88 bits per heavy atom. The standard InChI is InChI=1S/C14H13IO2/c1-17-14-5-3-2-4-10(14)8-11-9-12(15)6-7-13(11)16/h2-7,9,16H,8H2,1H3. The lowest BCUT2D eigenvalue weighted by molar-refractivity contribution is 0.410. The molecule has 0 fully saturated rings. The van der Waals surface area contributed by atoms with E-state index in [0.717, 1.165) is 20.4 Å². The first kappa shape index (κ1) is 12.2. The van der Waals surface area contributed by atoms with E-state index in [-0.39, 0.29) is 0 Å². The smallest absolute Gasteiger partial charge is 0.122 e. The largest absolute Gasteiger partial charge is 0.508 e. The molecular formula is C14H13IO2. The van der Waals surface area contributed by atoms with Gasteiger partial charge in [-0.3, -0.25) is 0 Å². The van der Waals surface area contributed by atoms with Gasteiger partial charge in [-0.05, 0) is 58.0 Å². The van der Waals surface area contributed by atoms with Crippen LogP contribution in [0.4, 0.5) is 0 Å². The molecule has 0 aliphatic carbocycles. The van der Waals surface area contributed by atoms with Crippen LogP contribution in [-0.2, 0) is 6.42 Å². The topological polar surface area (TPSA) is 29.5 Å². The van der Waals surface area contributed by atoms with Crippen molar-refractivity contribution in [1.82, 2.24) is 0 Å². The Labute approximate surface area is 114 Å². The molecule has 0 atom stereocenters. The third-order valence-corrected chi connectivity index (χ3v) is 3.29. The Bertz CT molecular complexity index is 523. The van der Waals surface area contributed by atoms with Crippen molar-refractivity contribution in [1.29, 1.82) is 0 Å². The highest BCUT2D eigenvalue weighted by Crippen LogP contribution is 2.26. The first-order valence-corrected chi connectivity index (χ1v) is 6.38. The lowest BCUT2D eigenvalue weighted by Gasteiger charge is -2.09. The molecule has 0 saturated carbocycles. The average molecular weight is 340 g/mol. The van der Waals surface area contributed by atoms with E-state index in [4.69, 9.17) is 4.74 Å². The molecule has 0 radical (unpaired) electrons. The first-order valence-electron chi connectivity index (χ1n) is 5.30. The molecule has 0 unspecified atom stereocenters. The van der Waals surface area contributed by atoms with Crippen molar-refractivity contribution < 1.29 is 9.84 Å². The molecule has 0 spiro atoms. The molecule has 3 heteroatoms. The van der Waals surface area contributed by atoms with Crippen LogP contribution < -0.4 is 4.74 Å². The van der Waals surface area contributed by atoms with Crippen LogP contribution in [0.5, 0.6) is 11.5 Å². The number of rotatable bonds is 3. The fourth-order valence-corrected chi connectivity index (χ4v) is 2.31. The zero-order valence-corrected chi connectivity index (χ0v) is 11.6. The second-order valence-electron chi connectivity index (χ2n) is 3.76. The summed E-state index contributed by atoms with van der Waals surface area (Å²) >= 11 is 2.24. The maximum absolute atomic E-state index is 9.82. The lowest BCUT2D eigenvalue weighted by atomic mass is 10.0. The van der Waals surface area contributed by atoms with Crippen LogP contribution in [0.1, 0.15) is 11.1 Å². The van der Waals surface area contributed by atoms with Gasteiger partial charge in [0.15, 0.2) is 0 Å². The van der Waals surface area contributed by atoms with Crippen molar-refractivity contribution in [2.45, 2.75) is 6.42 Å². The van der Waals surface area contributed by atoms with Gasteiger partial charge < -0.3 is 9.84 Å². The second-order valence-corrected chi connectivity index (χ2v) is 5.01. The molecule has 88 valence electrons. The quantitative estimate of drug-likeness (QED) is 0.866. The SMILES string of the molecule is COc1ccccc1Cc1cc(I)ccc1O. The minimum atomic E-state index is 0.330. The zero-order chi connectivity index (χ0) is 12.3. The molecule has 0 aliphatic heterocycles. The van der Waals surface area contributed by atoms with Gasteiger partial charge in [0.05, 0.1) is 7.11 Å². The molecule has 1 N–H and O–H groups in total. The van der Waals surface area contributed by atoms with Gasteiger partial charge in [-0.2, -0.15) is 0 Å². The molecule has 0 saturated heterocycles. The van der Waals surface area contributed by atoms with E-state index in [1.807, 2.05) is 36.4 Å². The van der Waals surface area contributed by atoms with Crippen LogP contribution >= 0.6 is 22.6 Å². The Kier molecular flexibility index (Phi) is 3.89. The van der Waals surface area contributed by atoms with Crippen molar-refractivity contribution in [3.63, 3.8) is 0 Å². The maximum Gasteiger partial charge on any atom is 0.122 e. The Hall–Kier alpha value is -1.23. The molecule has 2 nitrogen and oxygen atoms in total. The number of benzene rings is 2. The van der Waals surface area contributed by atoms with E-state index in [1.165, 1.54) is 0 Å². The van der Waals surface area contributed by atoms with E-state index in [1.54, 1.807) is 13.2 Å². The third kappa shape index (κ3) is 2.91. The van der Waals surface area contributed by atoms with Crippen molar-refractivity contribution in [2.24, 2.45) is 0 Å². The minimum absolute atomic E-state index is 0.330. The van der Waals surface area contributed by atoms with Gasteiger partial charge >= 0.3 is 0 Å². The van der Waals surface area contributed by atoms with E-state index < -0.39 is 0 Å². The molecule has 0 amide bonds. The molecule has 0 heterocycles. The number of hydrogen-bond donors (Lipinski definition) is 1. The van der Waals surface area contributed by atoms with E-state index >= 15 is 0 Å². The Balaban J connectivity index is 2.34. The molecular weight excluding hydrogens is 327 g/mol. The second kappa shape index (κ2) is 5.40. The predicted molar refractivity (Wildman–Crippen MR) is 76.6 cm³/mol. The monoisotopic (exact) mass is 340 g/mol. The third-order valence-electron chi connectivity index (χ3n) is 2.61. The summed E-state index contributed by atoms with van der Waals surface area (Å²) < 4.78 is 6.42. The lowest BCUT2D eigenvalue weighted by Crippen LogP contribution is -1.94. The number of aromatic hydroxyl groups is 1. The van der Waals surface area contributed by atoms with Crippen molar-refractivity contribution >= 4 is 22.6 Å². The van der Waals surface area contributed by atoms with Crippen molar-refractivity contribution in [3.05, 3.63) is 57.2 Å². The van der Waals surface area contributed by atoms with Crippen LogP contribution in [0.15, 0.2) is 42.5 Å². The normalized spacial score (nSPS) is 10.2. The highest BCUT2D eigenvalue weighted by molar-refractivity contribution is 14.1. The van der Waals surface area contributed by atoms with Crippen molar-refractivity contribution in [2.75, 3.05) is 7.11 Å². The van der Waals surface area contributed by atoms with Gasteiger partial charge in [-0.15, -0.1) is 0 Å². The molecule has 2 aromatic carbocycles. The number of para-hydroxylation sites is 1. The maximum atomic E-state index is 9.82. The summed E-state index contributed by atoms with van der Waals surface area (Å²) in [5.74, 6) is 1.18. The number of ether oxygens (including phenoxy) is 1. The van der Waals surface area contributed by atoms with Crippen LogP contribution in [0, 0.1) is 3.57 Å². The van der Waals surface area contributed by atoms with Gasteiger partial charge in [-0.1, -0.05) is 18.2 Å². The summed E-state index contributed by atoms with van der Waals surface area (Å²) in [4.78, 5) is 0. The predicted octanol–water partition coefficient (Wildman–Crippen LogP) is 3.60. The summed E-state index contributed by atoms with van der Waals surface area (Å²) in [5.41, 5.74) is 1.99. The number of hydrogen-bond acceptors (Lipinski definition) is 2. The molecule has 0 aromatic heterocycles. The number of halogens is 1. The Morgan fingerprint density at radius 3 is 2.65 bits per heavy atom. The molecule has 2 aromatic rings. The number of methoxy groups -OCH3 is 1. The summed E-state index contributed by atoms with van der Waals surface area (Å²) in [7, 11) is 1.66. The molecule has 0 aliphatic rings. The Morgan fingerprint density at radius 1 is 1.12 bits per heavy atom. The summed E-state index contributed by atoms with van der Waals surface area (Å²) in [6, 6.07) is 13.5. The number of phenols is 1. The highest BCUT2D eigenvalue weighted by atomic mass is 127. The van der Waals surface area contributed by atoms with Gasteiger partial charge in [0.1, 0.15) is 11.5 Å². The van der Waals surface area contributed by atoms with Gasteiger partial charge in [0.25, 0.3) is 0 Å². The summed E-state index contributed by atoms with van der Waals surface area (Å²) in [5, 5.41) is 9.82. The van der Waals surface area contributed by atoms with Gasteiger partial charge in [-0.25, -0.2) is 0 Å². The van der Waals surface area contributed by atoms with Crippen LogP contribution in [0.3, 0.4) is 0 Å². The van der Waals surface area contributed by atoms with Crippen molar-refractivity contribution in [3.8, 4) is 11.5 Å². The summed E-state index contributed by atoms with van der Waals surface area (Å²) in [6.07, 6.45) is 0.673.